The van der Waals surface area contributed by atoms with Crippen LogP contribution >= 0.6 is 0 Å². The molecule has 1 heteroatoms. The summed E-state index contributed by atoms with van der Waals surface area (Å²) in [6.45, 7) is 12.2. The van der Waals surface area contributed by atoms with E-state index in [1.807, 2.05) is 38.2 Å². The van der Waals surface area contributed by atoms with E-state index in [1.54, 1.807) is 0 Å². The standard InChI is InChI=1S/C21H27N/c1-6-7-8-9-12-18(4)15-20-13-10-11-14-21(16-20)19(5)22-17(2)3/h6-9,11-14,16,19,22H,2,15H2,1,3-5H3/b7-6-,9-8-,18-12+. The maximum atomic E-state index is 3.91. The van der Waals surface area contributed by atoms with Crippen LogP contribution in [0, 0.1) is 0 Å². The number of allylic oxidation sites excluding steroid dienone is 10. The van der Waals surface area contributed by atoms with Crippen molar-refractivity contribution in [1.29, 1.82) is 0 Å². The maximum absolute atomic E-state index is 3.91. The molecule has 116 valence electrons. The average Bonchev–Trinajstić information content (AvgIpc) is 2.68. The van der Waals surface area contributed by atoms with Crippen LogP contribution in [-0.2, 0) is 0 Å². The van der Waals surface area contributed by atoms with Gasteiger partial charge in [-0.2, -0.15) is 0 Å². The first-order chi connectivity index (χ1) is 10.5. The minimum absolute atomic E-state index is 0.246. The van der Waals surface area contributed by atoms with Crippen molar-refractivity contribution in [1.82, 2.24) is 5.32 Å². The molecule has 0 aromatic heterocycles. The fourth-order valence-electron chi connectivity index (χ4n) is 2.20. The fraction of sp³-hybridized carbons (Fsp3) is 0.286. The van der Waals surface area contributed by atoms with Crippen LogP contribution in [-0.4, -0.2) is 6.04 Å². The van der Waals surface area contributed by atoms with Gasteiger partial charge in [-0.15, -0.1) is 5.73 Å². The van der Waals surface area contributed by atoms with Crippen LogP contribution < -0.4 is 5.32 Å². The fourth-order valence-corrected chi connectivity index (χ4v) is 2.20. The molecule has 0 aromatic carbocycles. The molecule has 0 bridgehead atoms. The predicted molar refractivity (Wildman–Crippen MR) is 98.6 cm³/mol. The molecule has 1 aliphatic carbocycles. The van der Waals surface area contributed by atoms with E-state index in [-0.39, 0.29) is 6.04 Å². The van der Waals surface area contributed by atoms with Gasteiger partial charge in [-0.05, 0) is 63.5 Å². The van der Waals surface area contributed by atoms with Crippen LogP contribution in [0.15, 0.2) is 89.4 Å². The van der Waals surface area contributed by atoms with Gasteiger partial charge < -0.3 is 5.32 Å². The van der Waals surface area contributed by atoms with Gasteiger partial charge in [0.05, 0.1) is 0 Å². The van der Waals surface area contributed by atoms with E-state index < -0.39 is 0 Å². The Morgan fingerprint density at radius 2 is 2.09 bits per heavy atom. The molecule has 0 amide bonds. The lowest BCUT2D eigenvalue weighted by Crippen LogP contribution is -2.25. The normalized spacial score (nSPS) is 16.6. The van der Waals surface area contributed by atoms with Crippen molar-refractivity contribution in [2.24, 2.45) is 0 Å². The van der Waals surface area contributed by atoms with Crippen LogP contribution in [0.4, 0.5) is 0 Å². The molecule has 1 atom stereocenters. The molecule has 0 aromatic rings. The predicted octanol–water partition coefficient (Wildman–Crippen LogP) is 5.54. The Morgan fingerprint density at radius 3 is 2.77 bits per heavy atom. The van der Waals surface area contributed by atoms with E-state index in [2.05, 4.69) is 61.9 Å². The Balaban J connectivity index is 2.81. The van der Waals surface area contributed by atoms with Gasteiger partial charge in [0.15, 0.2) is 0 Å². The highest BCUT2D eigenvalue weighted by molar-refractivity contribution is 5.40. The third kappa shape index (κ3) is 6.97. The largest absolute Gasteiger partial charge is 0.383 e. The molecular formula is C21H27N. The van der Waals surface area contributed by atoms with Gasteiger partial charge in [0.2, 0.25) is 0 Å². The summed E-state index contributed by atoms with van der Waals surface area (Å²) < 4.78 is 0. The van der Waals surface area contributed by atoms with Gasteiger partial charge in [-0.25, -0.2) is 0 Å². The molecule has 1 rings (SSSR count). The molecule has 0 fully saturated rings. The average molecular weight is 293 g/mol. The summed E-state index contributed by atoms with van der Waals surface area (Å²) in [7, 11) is 0. The van der Waals surface area contributed by atoms with E-state index in [1.165, 1.54) is 16.7 Å². The highest BCUT2D eigenvalue weighted by Gasteiger charge is 2.07. The highest BCUT2D eigenvalue weighted by Crippen LogP contribution is 2.18. The van der Waals surface area contributed by atoms with Crippen molar-refractivity contribution in [3.63, 3.8) is 0 Å². The van der Waals surface area contributed by atoms with Crippen molar-refractivity contribution in [2.45, 2.75) is 40.2 Å². The zero-order chi connectivity index (χ0) is 16.4. The molecule has 0 saturated heterocycles. The van der Waals surface area contributed by atoms with Crippen molar-refractivity contribution >= 4 is 0 Å². The SMILES string of the molecule is C=C(C)NC(C)C1=CC=C=CC(C/C(C)=C/C=C\C=C/C)=C1. The highest BCUT2D eigenvalue weighted by atomic mass is 14.9. The first-order valence-electron chi connectivity index (χ1n) is 7.73. The summed E-state index contributed by atoms with van der Waals surface area (Å²) in [6.07, 6.45) is 19.6. The van der Waals surface area contributed by atoms with Gasteiger partial charge in [-0.1, -0.05) is 48.6 Å². The lowest BCUT2D eigenvalue weighted by atomic mass is 10.0. The second-order valence-electron chi connectivity index (χ2n) is 5.61. The van der Waals surface area contributed by atoms with E-state index in [9.17, 15) is 0 Å². The second-order valence-corrected chi connectivity index (χ2v) is 5.61. The third-order valence-corrected chi connectivity index (χ3v) is 3.23. The molecule has 0 aliphatic heterocycles. The Hall–Kier alpha value is -2.24. The van der Waals surface area contributed by atoms with Crippen LogP contribution in [0.1, 0.15) is 34.1 Å². The molecule has 1 unspecified atom stereocenters. The Kier molecular flexibility index (Phi) is 7.81. The van der Waals surface area contributed by atoms with Crippen LogP contribution in [0.25, 0.3) is 0 Å². The molecule has 22 heavy (non-hydrogen) atoms. The van der Waals surface area contributed by atoms with Gasteiger partial charge >= 0.3 is 0 Å². The van der Waals surface area contributed by atoms with Crippen molar-refractivity contribution in [3.8, 4) is 0 Å². The van der Waals surface area contributed by atoms with E-state index in [0.717, 1.165) is 12.1 Å². The van der Waals surface area contributed by atoms with Crippen LogP contribution in [0.2, 0.25) is 0 Å². The first kappa shape index (κ1) is 17.8. The van der Waals surface area contributed by atoms with Crippen molar-refractivity contribution in [3.05, 3.63) is 89.4 Å². The van der Waals surface area contributed by atoms with Gasteiger partial charge in [0.1, 0.15) is 0 Å². The minimum Gasteiger partial charge on any atom is -0.383 e. The molecule has 1 aliphatic rings. The van der Waals surface area contributed by atoms with E-state index in [0.29, 0.717) is 0 Å². The zero-order valence-corrected chi connectivity index (χ0v) is 14.2. The number of rotatable bonds is 7. The van der Waals surface area contributed by atoms with Crippen LogP contribution in [0.5, 0.6) is 0 Å². The summed E-state index contributed by atoms with van der Waals surface area (Å²) in [4.78, 5) is 0. The Morgan fingerprint density at radius 1 is 1.32 bits per heavy atom. The molecule has 0 heterocycles. The lowest BCUT2D eigenvalue weighted by Gasteiger charge is -2.16. The number of hydrogen-bond acceptors (Lipinski definition) is 1. The number of nitrogens with one attached hydrogen (secondary N) is 1. The van der Waals surface area contributed by atoms with Gasteiger partial charge in [0.25, 0.3) is 0 Å². The Bertz CT molecular complexity index is 600. The molecule has 1 nitrogen and oxygen atoms in total. The van der Waals surface area contributed by atoms with E-state index in [4.69, 9.17) is 0 Å². The molecule has 0 spiro atoms. The summed E-state index contributed by atoms with van der Waals surface area (Å²) >= 11 is 0. The topological polar surface area (TPSA) is 12.0 Å². The third-order valence-electron chi connectivity index (χ3n) is 3.23. The summed E-state index contributed by atoms with van der Waals surface area (Å²) in [5, 5.41) is 3.36. The monoisotopic (exact) mass is 293 g/mol. The molecule has 1 N–H and O–H groups in total. The van der Waals surface area contributed by atoms with Gasteiger partial charge in [-0.3, -0.25) is 0 Å². The van der Waals surface area contributed by atoms with Crippen molar-refractivity contribution in [2.75, 3.05) is 0 Å². The summed E-state index contributed by atoms with van der Waals surface area (Å²) in [5.74, 6) is 0. The Labute approximate surface area is 135 Å². The molecule has 0 radical (unpaired) electrons. The van der Waals surface area contributed by atoms with Crippen LogP contribution in [0.3, 0.4) is 0 Å². The minimum atomic E-state index is 0.246. The smallest absolute Gasteiger partial charge is 0.0482 e. The van der Waals surface area contributed by atoms with Gasteiger partial charge in [0, 0.05) is 11.7 Å². The summed E-state index contributed by atoms with van der Waals surface area (Å²) in [5.41, 5.74) is 8.04. The molecule has 0 saturated carbocycles. The van der Waals surface area contributed by atoms with Crippen molar-refractivity contribution < 1.29 is 0 Å². The maximum Gasteiger partial charge on any atom is 0.0482 e. The second kappa shape index (κ2) is 9.65. The zero-order valence-electron chi connectivity index (χ0n) is 14.2. The first-order valence-corrected chi connectivity index (χ1v) is 7.73. The van der Waals surface area contributed by atoms with E-state index >= 15 is 0 Å². The lowest BCUT2D eigenvalue weighted by molar-refractivity contribution is 0.707. The summed E-state index contributed by atoms with van der Waals surface area (Å²) in [6, 6.07) is 0.246. The quantitative estimate of drug-likeness (QED) is 0.479. The number of hydrogen-bond donors (Lipinski definition) is 1. The molecular weight excluding hydrogens is 266 g/mol.